The molecule has 0 aliphatic carbocycles. The molecular weight excluding hydrogens is 314 g/mol. The molecule has 0 radical (unpaired) electrons. The largest absolute Gasteiger partial charge is 0.396 e. The van der Waals surface area contributed by atoms with Crippen molar-refractivity contribution in [3.8, 4) is 0 Å². The molecule has 0 atom stereocenters. The highest BCUT2D eigenvalue weighted by Crippen LogP contribution is 2.36. The van der Waals surface area contributed by atoms with Crippen LogP contribution in [0.1, 0.15) is 0 Å². The lowest BCUT2D eigenvalue weighted by atomic mass is 10.1. The summed E-state index contributed by atoms with van der Waals surface area (Å²) >= 11 is 0. The molecule has 3 N–H and O–H groups in total. The van der Waals surface area contributed by atoms with Crippen molar-refractivity contribution in [3.05, 3.63) is 60.7 Å². The number of hydrogen-bond donors (Lipinski definition) is 2. The van der Waals surface area contributed by atoms with Gasteiger partial charge in [-0.25, -0.2) is 0 Å². The van der Waals surface area contributed by atoms with Gasteiger partial charge < -0.3 is 5.73 Å². The first-order chi connectivity index (χ1) is 11.0. The third-order valence-electron chi connectivity index (χ3n) is 3.33. The topological polar surface area (TPSA) is 105 Å². The molecule has 0 saturated carbocycles. The second-order valence-corrected chi connectivity index (χ2v) is 6.25. The number of rotatable bonds is 3. The maximum absolute atomic E-state index is 11.6. The standard InChI is InChI=1S/C16H13N3O3S/c17-16-13-9-5-4-8-12(13)15(23(20,21)22)10-14(16)19-18-11-6-2-1-3-7-11/h1-10H,17H2,(H,20,21,22). The maximum Gasteiger partial charge on any atom is 0.295 e. The zero-order chi connectivity index (χ0) is 16.4. The molecule has 0 spiro atoms. The van der Waals surface area contributed by atoms with E-state index in [1.165, 1.54) is 6.07 Å². The van der Waals surface area contributed by atoms with Crippen LogP contribution in [0.2, 0.25) is 0 Å². The molecule has 3 aromatic rings. The summed E-state index contributed by atoms with van der Waals surface area (Å²) in [5.41, 5.74) is 7.15. The second kappa shape index (κ2) is 5.79. The maximum atomic E-state index is 11.6. The van der Waals surface area contributed by atoms with Crippen molar-refractivity contribution < 1.29 is 13.0 Å². The van der Waals surface area contributed by atoms with Crippen LogP contribution in [0.25, 0.3) is 10.8 Å². The van der Waals surface area contributed by atoms with Gasteiger partial charge in [-0.05, 0) is 18.2 Å². The summed E-state index contributed by atoms with van der Waals surface area (Å²) in [4.78, 5) is -0.246. The Balaban J connectivity index is 2.22. The van der Waals surface area contributed by atoms with Crippen LogP contribution in [-0.2, 0) is 10.1 Å². The Labute approximate surface area is 133 Å². The van der Waals surface area contributed by atoms with Crippen molar-refractivity contribution in [2.45, 2.75) is 4.90 Å². The Morgan fingerprint density at radius 2 is 1.48 bits per heavy atom. The lowest BCUT2D eigenvalue weighted by Gasteiger charge is -2.09. The van der Waals surface area contributed by atoms with E-state index in [0.29, 0.717) is 22.1 Å². The number of azo groups is 1. The summed E-state index contributed by atoms with van der Waals surface area (Å²) in [5, 5.41) is 8.89. The van der Waals surface area contributed by atoms with Crippen LogP contribution >= 0.6 is 0 Å². The van der Waals surface area contributed by atoms with E-state index in [1.54, 1.807) is 36.4 Å². The van der Waals surface area contributed by atoms with Crippen molar-refractivity contribution in [1.82, 2.24) is 0 Å². The Bertz CT molecular complexity index is 1000. The third-order valence-corrected chi connectivity index (χ3v) is 4.23. The van der Waals surface area contributed by atoms with Crippen molar-refractivity contribution >= 4 is 38.0 Å². The average molecular weight is 327 g/mol. The van der Waals surface area contributed by atoms with Crippen LogP contribution in [0.15, 0.2) is 75.8 Å². The van der Waals surface area contributed by atoms with Crippen molar-refractivity contribution in [2.24, 2.45) is 10.2 Å². The van der Waals surface area contributed by atoms with E-state index in [1.807, 2.05) is 18.2 Å². The molecule has 0 aliphatic heterocycles. The SMILES string of the molecule is Nc1c(N=Nc2ccccc2)cc(S(=O)(=O)O)c2ccccc12. The average Bonchev–Trinajstić information content (AvgIpc) is 2.54. The summed E-state index contributed by atoms with van der Waals surface area (Å²) in [7, 11) is -4.41. The molecule has 0 aromatic heterocycles. The molecule has 0 unspecified atom stereocenters. The highest BCUT2D eigenvalue weighted by atomic mass is 32.2. The van der Waals surface area contributed by atoms with Gasteiger partial charge in [0.25, 0.3) is 10.1 Å². The van der Waals surface area contributed by atoms with Gasteiger partial charge in [-0.3, -0.25) is 4.55 Å². The number of hydrogen-bond acceptors (Lipinski definition) is 5. The number of benzene rings is 3. The van der Waals surface area contributed by atoms with E-state index in [9.17, 15) is 13.0 Å². The minimum absolute atomic E-state index is 0.181. The number of anilines is 1. The first-order valence-corrected chi connectivity index (χ1v) is 8.16. The summed E-state index contributed by atoms with van der Waals surface area (Å²) in [6, 6.07) is 16.8. The number of nitrogens with zero attached hydrogens (tertiary/aromatic N) is 2. The quantitative estimate of drug-likeness (QED) is 0.429. The highest BCUT2D eigenvalue weighted by Gasteiger charge is 2.18. The fourth-order valence-corrected chi connectivity index (χ4v) is 2.97. The van der Waals surface area contributed by atoms with Crippen LogP contribution in [0.3, 0.4) is 0 Å². The predicted octanol–water partition coefficient (Wildman–Crippen LogP) is 4.08. The van der Waals surface area contributed by atoms with E-state index in [-0.39, 0.29) is 10.6 Å². The van der Waals surface area contributed by atoms with Gasteiger partial charge in [0.1, 0.15) is 10.6 Å². The van der Waals surface area contributed by atoms with Gasteiger partial charge in [-0.1, -0.05) is 42.5 Å². The molecular formula is C16H13N3O3S. The van der Waals surface area contributed by atoms with E-state index in [0.717, 1.165) is 0 Å². The van der Waals surface area contributed by atoms with Gasteiger partial charge in [0.2, 0.25) is 0 Å². The molecule has 0 amide bonds. The fraction of sp³-hybridized carbons (Fsp3) is 0. The Morgan fingerprint density at radius 1 is 0.870 bits per heavy atom. The molecule has 0 fully saturated rings. The van der Waals surface area contributed by atoms with Crippen LogP contribution in [0.5, 0.6) is 0 Å². The summed E-state index contributed by atoms with van der Waals surface area (Å²) < 4.78 is 32.7. The molecule has 0 aliphatic rings. The molecule has 3 aromatic carbocycles. The van der Waals surface area contributed by atoms with Gasteiger partial charge >= 0.3 is 0 Å². The fourth-order valence-electron chi connectivity index (χ4n) is 2.25. The normalized spacial score (nSPS) is 12.0. The summed E-state index contributed by atoms with van der Waals surface area (Å²) in [6.45, 7) is 0. The molecule has 3 rings (SSSR count). The Hall–Kier alpha value is -2.77. The van der Waals surface area contributed by atoms with Crippen LogP contribution in [0, 0.1) is 0 Å². The monoisotopic (exact) mass is 327 g/mol. The second-order valence-electron chi connectivity index (χ2n) is 4.86. The number of nitrogens with two attached hydrogens (primary N) is 1. The van der Waals surface area contributed by atoms with Gasteiger partial charge in [-0.15, -0.1) is 5.11 Å². The van der Waals surface area contributed by atoms with Gasteiger partial charge in [0.05, 0.1) is 11.4 Å². The van der Waals surface area contributed by atoms with Crippen LogP contribution in [-0.4, -0.2) is 13.0 Å². The van der Waals surface area contributed by atoms with Gasteiger partial charge in [0.15, 0.2) is 0 Å². The molecule has 6 nitrogen and oxygen atoms in total. The van der Waals surface area contributed by atoms with Crippen molar-refractivity contribution in [3.63, 3.8) is 0 Å². The zero-order valence-corrected chi connectivity index (χ0v) is 12.7. The van der Waals surface area contributed by atoms with Crippen molar-refractivity contribution in [1.29, 1.82) is 0 Å². The molecule has 7 heteroatoms. The predicted molar refractivity (Wildman–Crippen MR) is 88.8 cm³/mol. The molecule has 23 heavy (non-hydrogen) atoms. The first-order valence-electron chi connectivity index (χ1n) is 6.72. The van der Waals surface area contributed by atoms with E-state index < -0.39 is 10.1 Å². The van der Waals surface area contributed by atoms with E-state index >= 15 is 0 Å². The van der Waals surface area contributed by atoms with Gasteiger partial charge in [-0.2, -0.15) is 13.5 Å². The molecule has 0 saturated heterocycles. The first kappa shape index (κ1) is 15.1. The Kier molecular flexibility index (Phi) is 3.81. The van der Waals surface area contributed by atoms with Gasteiger partial charge in [0, 0.05) is 10.8 Å². The van der Waals surface area contributed by atoms with Crippen molar-refractivity contribution in [2.75, 3.05) is 5.73 Å². The molecule has 0 heterocycles. The minimum atomic E-state index is -4.41. The lowest BCUT2D eigenvalue weighted by Crippen LogP contribution is -2.01. The third kappa shape index (κ3) is 3.05. The Morgan fingerprint density at radius 3 is 2.13 bits per heavy atom. The van der Waals surface area contributed by atoms with E-state index in [2.05, 4.69) is 10.2 Å². The van der Waals surface area contributed by atoms with Crippen LogP contribution in [0.4, 0.5) is 17.1 Å². The number of fused-ring (bicyclic) bond motifs is 1. The molecule has 116 valence electrons. The number of nitrogen functional groups attached to an aromatic ring is 1. The minimum Gasteiger partial charge on any atom is -0.396 e. The lowest BCUT2D eigenvalue weighted by molar-refractivity contribution is 0.484. The zero-order valence-electron chi connectivity index (χ0n) is 11.9. The smallest absolute Gasteiger partial charge is 0.295 e. The van der Waals surface area contributed by atoms with Crippen LogP contribution < -0.4 is 5.73 Å². The summed E-state index contributed by atoms with van der Waals surface area (Å²) in [6.07, 6.45) is 0. The molecule has 0 bridgehead atoms. The highest BCUT2D eigenvalue weighted by molar-refractivity contribution is 7.86. The summed E-state index contributed by atoms with van der Waals surface area (Å²) in [5.74, 6) is 0. The van der Waals surface area contributed by atoms with E-state index in [4.69, 9.17) is 5.73 Å².